The zero-order valence-electron chi connectivity index (χ0n) is 13.4. The van der Waals surface area contributed by atoms with Crippen LogP contribution in [0.4, 0.5) is 0 Å². The summed E-state index contributed by atoms with van der Waals surface area (Å²) in [6, 6.07) is 17.9. The molecule has 0 aliphatic carbocycles. The van der Waals surface area contributed by atoms with Crippen LogP contribution in [0.1, 0.15) is 18.9 Å². The van der Waals surface area contributed by atoms with Crippen molar-refractivity contribution in [2.75, 3.05) is 6.54 Å². The standard InChI is InChI=1S/C17H19N5O.ClH/c1-2-11-18-13-14-7-6-10-16(12-14)23-17-19-20-21-22(17)15-8-4-3-5-9-15;/h3-10,12,18H,2,11,13H2,1H3;1H/p-1. The molecule has 1 aromatic heterocycles. The molecule has 126 valence electrons. The lowest BCUT2D eigenvalue weighted by molar-refractivity contribution is -0.00000554. The quantitative estimate of drug-likeness (QED) is 0.609. The van der Waals surface area contributed by atoms with Crippen molar-refractivity contribution in [3.05, 3.63) is 60.2 Å². The van der Waals surface area contributed by atoms with Crippen LogP contribution in [0, 0.1) is 0 Å². The number of nitrogens with zero attached hydrogens (tertiary/aromatic N) is 4. The Morgan fingerprint density at radius 1 is 1.08 bits per heavy atom. The molecule has 3 aromatic rings. The van der Waals surface area contributed by atoms with Crippen molar-refractivity contribution in [3.63, 3.8) is 0 Å². The van der Waals surface area contributed by atoms with Gasteiger partial charge in [-0.3, -0.25) is 0 Å². The molecule has 0 aliphatic rings. The molecule has 3 rings (SSSR count). The Labute approximate surface area is 147 Å². The number of tetrazole rings is 1. The summed E-state index contributed by atoms with van der Waals surface area (Å²) in [4.78, 5) is 0. The molecule has 6 nitrogen and oxygen atoms in total. The fraction of sp³-hybridized carbons (Fsp3) is 0.235. The van der Waals surface area contributed by atoms with E-state index in [4.69, 9.17) is 4.74 Å². The van der Waals surface area contributed by atoms with E-state index in [2.05, 4.69) is 33.8 Å². The molecule has 2 aromatic carbocycles. The Balaban J connectivity index is 0.00000208. The second-order valence-electron chi connectivity index (χ2n) is 5.14. The maximum absolute atomic E-state index is 5.85. The first-order valence-corrected chi connectivity index (χ1v) is 7.68. The van der Waals surface area contributed by atoms with Crippen LogP contribution in [0.15, 0.2) is 54.6 Å². The molecule has 0 amide bonds. The summed E-state index contributed by atoms with van der Waals surface area (Å²) >= 11 is 0. The Hall–Kier alpha value is -2.44. The highest BCUT2D eigenvalue weighted by Crippen LogP contribution is 2.21. The van der Waals surface area contributed by atoms with Gasteiger partial charge in [-0.1, -0.05) is 42.4 Å². The van der Waals surface area contributed by atoms with Gasteiger partial charge in [0.15, 0.2) is 0 Å². The smallest absolute Gasteiger partial charge is 0.345 e. The Bertz CT molecular complexity index is 748. The second kappa shape index (κ2) is 9.00. The van der Waals surface area contributed by atoms with Crippen molar-refractivity contribution in [2.24, 2.45) is 0 Å². The van der Waals surface area contributed by atoms with Crippen molar-refractivity contribution < 1.29 is 17.1 Å². The van der Waals surface area contributed by atoms with Crippen LogP contribution >= 0.6 is 0 Å². The predicted octanol–water partition coefficient (Wildman–Crippen LogP) is -0.0418. The highest BCUT2D eigenvalue weighted by atomic mass is 35.5. The van der Waals surface area contributed by atoms with Gasteiger partial charge in [-0.15, -0.1) is 0 Å². The third-order valence-corrected chi connectivity index (χ3v) is 3.31. The lowest BCUT2D eigenvalue weighted by Gasteiger charge is -2.08. The first-order chi connectivity index (χ1) is 11.4. The van der Waals surface area contributed by atoms with Crippen molar-refractivity contribution >= 4 is 0 Å². The Morgan fingerprint density at radius 2 is 1.92 bits per heavy atom. The van der Waals surface area contributed by atoms with Gasteiger partial charge in [-0.2, -0.15) is 4.68 Å². The summed E-state index contributed by atoms with van der Waals surface area (Å²) in [5.74, 6) is 0.716. The lowest BCUT2D eigenvalue weighted by Crippen LogP contribution is -3.00. The summed E-state index contributed by atoms with van der Waals surface area (Å²) in [5.41, 5.74) is 2.02. The number of aromatic nitrogens is 4. The summed E-state index contributed by atoms with van der Waals surface area (Å²) < 4.78 is 7.42. The monoisotopic (exact) mass is 344 g/mol. The van der Waals surface area contributed by atoms with E-state index in [0.717, 1.165) is 30.8 Å². The average molecular weight is 345 g/mol. The number of ether oxygens (including phenoxy) is 1. The van der Waals surface area contributed by atoms with Crippen LogP contribution in [0.3, 0.4) is 0 Å². The lowest BCUT2D eigenvalue weighted by atomic mass is 10.2. The molecule has 0 fully saturated rings. The van der Waals surface area contributed by atoms with Gasteiger partial charge in [-0.05, 0) is 53.2 Å². The molecule has 0 spiro atoms. The number of para-hydroxylation sites is 1. The maximum atomic E-state index is 5.85. The molecule has 0 bridgehead atoms. The molecule has 24 heavy (non-hydrogen) atoms. The van der Waals surface area contributed by atoms with Crippen LogP contribution in [-0.4, -0.2) is 26.8 Å². The van der Waals surface area contributed by atoms with Gasteiger partial charge in [0, 0.05) is 6.54 Å². The number of halogens is 1. The van der Waals surface area contributed by atoms with Crippen LogP contribution in [0.2, 0.25) is 0 Å². The molecule has 0 unspecified atom stereocenters. The normalized spacial score (nSPS) is 10.2. The summed E-state index contributed by atoms with van der Waals surface area (Å²) in [6.45, 7) is 3.96. The van der Waals surface area contributed by atoms with E-state index >= 15 is 0 Å². The van der Waals surface area contributed by atoms with Crippen LogP contribution in [0.5, 0.6) is 11.8 Å². The molecule has 0 atom stereocenters. The van der Waals surface area contributed by atoms with Gasteiger partial charge >= 0.3 is 6.01 Å². The minimum absolute atomic E-state index is 0. The van der Waals surface area contributed by atoms with E-state index in [1.165, 1.54) is 0 Å². The SMILES string of the molecule is CCCNCc1cccc(Oc2nnnn2-c2ccccc2)c1.[Cl-]. The van der Waals surface area contributed by atoms with Gasteiger partial charge < -0.3 is 22.5 Å². The third kappa shape index (κ3) is 4.53. The van der Waals surface area contributed by atoms with E-state index in [1.54, 1.807) is 4.68 Å². The first-order valence-electron chi connectivity index (χ1n) is 7.68. The number of benzene rings is 2. The number of hydrogen-bond acceptors (Lipinski definition) is 5. The highest BCUT2D eigenvalue weighted by molar-refractivity contribution is 5.34. The van der Waals surface area contributed by atoms with Gasteiger partial charge in [0.05, 0.1) is 5.69 Å². The van der Waals surface area contributed by atoms with Crippen molar-refractivity contribution in [3.8, 4) is 17.4 Å². The summed E-state index contributed by atoms with van der Waals surface area (Å²) in [6.07, 6.45) is 1.11. The van der Waals surface area contributed by atoms with Crippen molar-refractivity contribution in [1.29, 1.82) is 0 Å². The Morgan fingerprint density at radius 3 is 2.71 bits per heavy atom. The maximum Gasteiger partial charge on any atom is 0.345 e. The Kier molecular flexibility index (Phi) is 6.72. The molecular formula is C17H19ClN5O-. The van der Waals surface area contributed by atoms with E-state index in [-0.39, 0.29) is 12.4 Å². The zero-order chi connectivity index (χ0) is 15.9. The van der Waals surface area contributed by atoms with Crippen LogP contribution in [0.25, 0.3) is 5.69 Å². The highest BCUT2D eigenvalue weighted by Gasteiger charge is 2.10. The molecule has 0 radical (unpaired) electrons. The van der Waals surface area contributed by atoms with E-state index in [0.29, 0.717) is 11.8 Å². The molecule has 1 heterocycles. The number of nitrogens with one attached hydrogen (secondary N) is 1. The van der Waals surface area contributed by atoms with Gasteiger partial charge in [-0.25, -0.2) is 0 Å². The summed E-state index contributed by atoms with van der Waals surface area (Å²) in [7, 11) is 0. The minimum Gasteiger partial charge on any atom is -1.00 e. The largest absolute Gasteiger partial charge is 1.00 e. The second-order valence-corrected chi connectivity index (χ2v) is 5.14. The van der Waals surface area contributed by atoms with Gasteiger partial charge in [0.25, 0.3) is 0 Å². The molecule has 0 saturated heterocycles. The molecular weight excluding hydrogens is 326 g/mol. The average Bonchev–Trinajstić information content (AvgIpc) is 3.04. The first kappa shape index (κ1) is 17.9. The van der Waals surface area contributed by atoms with Crippen molar-refractivity contribution in [2.45, 2.75) is 19.9 Å². The number of hydrogen-bond donors (Lipinski definition) is 1. The molecule has 7 heteroatoms. The van der Waals surface area contributed by atoms with E-state index in [1.807, 2.05) is 48.5 Å². The predicted molar refractivity (Wildman–Crippen MR) is 87.7 cm³/mol. The van der Waals surface area contributed by atoms with E-state index < -0.39 is 0 Å². The van der Waals surface area contributed by atoms with Crippen molar-refractivity contribution in [1.82, 2.24) is 25.5 Å². The van der Waals surface area contributed by atoms with Crippen LogP contribution in [-0.2, 0) is 6.54 Å². The molecule has 0 aliphatic heterocycles. The summed E-state index contributed by atoms with van der Waals surface area (Å²) in [5, 5.41) is 15.0. The van der Waals surface area contributed by atoms with E-state index in [9.17, 15) is 0 Å². The zero-order valence-corrected chi connectivity index (χ0v) is 14.1. The molecule has 1 N–H and O–H groups in total. The van der Waals surface area contributed by atoms with Crippen LogP contribution < -0.4 is 22.5 Å². The fourth-order valence-corrected chi connectivity index (χ4v) is 2.21. The van der Waals surface area contributed by atoms with Gasteiger partial charge in [0.2, 0.25) is 0 Å². The topological polar surface area (TPSA) is 64.9 Å². The fourth-order valence-electron chi connectivity index (χ4n) is 2.21. The van der Waals surface area contributed by atoms with Gasteiger partial charge in [0.1, 0.15) is 5.75 Å². The molecule has 0 saturated carbocycles. The number of rotatable bonds is 7. The third-order valence-electron chi connectivity index (χ3n) is 3.31. The minimum atomic E-state index is 0.